The van der Waals surface area contributed by atoms with Crippen LogP contribution in [-0.2, 0) is 0 Å². The van der Waals surface area contributed by atoms with Gasteiger partial charge in [0.15, 0.2) is 0 Å². The van der Waals surface area contributed by atoms with E-state index in [1.54, 1.807) is 0 Å². The molecule has 0 aliphatic carbocycles. The smallest absolute Gasteiger partial charge is 0.272 e. The van der Waals surface area contributed by atoms with Crippen LogP contribution >= 0.6 is 11.8 Å². The number of pyridine rings is 2. The average molecular weight is 349 g/mol. The number of amides is 1. The van der Waals surface area contributed by atoms with Crippen molar-refractivity contribution >= 4 is 28.6 Å². The van der Waals surface area contributed by atoms with Crippen molar-refractivity contribution < 1.29 is 4.79 Å². The van der Waals surface area contributed by atoms with Gasteiger partial charge >= 0.3 is 0 Å². The van der Waals surface area contributed by atoms with Crippen molar-refractivity contribution in [1.29, 1.82) is 0 Å². The van der Waals surface area contributed by atoms with Crippen LogP contribution < -0.4 is 0 Å². The monoisotopic (exact) mass is 349 g/mol. The number of rotatable bonds is 3. The number of nitrogens with zero attached hydrogens (tertiary/aromatic N) is 3. The fourth-order valence-corrected chi connectivity index (χ4v) is 4.18. The molecule has 0 unspecified atom stereocenters. The number of thioether (sulfide) groups is 1. The summed E-state index contributed by atoms with van der Waals surface area (Å²) in [6.45, 7) is 1.55. The minimum Gasteiger partial charge on any atom is -0.337 e. The highest BCUT2D eigenvalue weighted by Crippen LogP contribution is 2.29. The van der Waals surface area contributed by atoms with E-state index in [1.807, 2.05) is 77.5 Å². The molecular weight excluding hydrogens is 330 g/mol. The largest absolute Gasteiger partial charge is 0.337 e. The zero-order chi connectivity index (χ0) is 17.1. The maximum absolute atomic E-state index is 12.8. The van der Waals surface area contributed by atoms with Gasteiger partial charge in [-0.25, -0.2) is 9.97 Å². The van der Waals surface area contributed by atoms with E-state index in [0.717, 1.165) is 41.9 Å². The Labute approximate surface area is 151 Å². The Morgan fingerprint density at radius 2 is 1.80 bits per heavy atom. The lowest BCUT2D eigenvalue weighted by molar-refractivity contribution is 0.0722. The van der Waals surface area contributed by atoms with E-state index in [4.69, 9.17) is 0 Å². The second kappa shape index (κ2) is 7.23. The summed E-state index contributed by atoms with van der Waals surface area (Å²) in [5, 5.41) is 2.64. The SMILES string of the molecule is O=C(c1ccc2ccccc2n1)N1CCC(Sc2ccccn2)CC1. The second-order valence-electron chi connectivity index (χ2n) is 6.17. The van der Waals surface area contributed by atoms with Crippen molar-refractivity contribution in [2.24, 2.45) is 0 Å². The Bertz CT molecular complexity index is 876. The van der Waals surface area contributed by atoms with Crippen LogP contribution in [0.1, 0.15) is 23.3 Å². The second-order valence-corrected chi connectivity index (χ2v) is 7.49. The summed E-state index contributed by atoms with van der Waals surface area (Å²) < 4.78 is 0. The molecule has 1 saturated heterocycles. The van der Waals surface area contributed by atoms with Crippen molar-refractivity contribution in [3.8, 4) is 0 Å². The van der Waals surface area contributed by atoms with Crippen molar-refractivity contribution in [3.63, 3.8) is 0 Å². The van der Waals surface area contributed by atoms with Gasteiger partial charge in [0.1, 0.15) is 5.69 Å². The highest BCUT2D eigenvalue weighted by molar-refractivity contribution is 7.99. The van der Waals surface area contributed by atoms with E-state index < -0.39 is 0 Å². The van der Waals surface area contributed by atoms with Gasteiger partial charge in [0, 0.05) is 29.9 Å². The van der Waals surface area contributed by atoms with Crippen molar-refractivity contribution in [2.75, 3.05) is 13.1 Å². The Balaban J connectivity index is 1.40. The molecule has 1 amide bonds. The van der Waals surface area contributed by atoms with E-state index >= 15 is 0 Å². The number of benzene rings is 1. The van der Waals surface area contributed by atoms with Crippen LogP contribution in [0.5, 0.6) is 0 Å². The number of aromatic nitrogens is 2. The van der Waals surface area contributed by atoms with Gasteiger partial charge in [0.2, 0.25) is 0 Å². The molecule has 4 nitrogen and oxygen atoms in total. The first-order chi connectivity index (χ1) is 12.3. The van der Waals surface area contributed by atoms with Crippen LogP contribution in [0, 0.1) is 0 Å². The molecule has 5 heteroatoms. The summed E-state index contributed by atoms with van der Waals surface area (Å²) in [4.78, 5) is 23.6. The van der Waals surface area contributed by atoms with E-state index in [9.17, 15) is 4.79 Å². The Morgan fingerprint density at radius 3 is 2.60 bits per heavy atom. The quantitative estimate of drug-likeness (QED) is 0.716. The van der Waals surface area contributed by atoms with Gasteiger partial charge in [-0.15, -0.1) is 11.8 Å². The summed E-state index contributed by atoms with van der Waals surface area (Å²) in [7, 11) is 0. The van der Waals surface area contributed by atoms with Gasteiger partial charge in [-0.05, 0) is 37.1 Å². The minimum absolute atomic E-state index is 0.0343. The molecule has 3 heterocycles. The average Bonchev–Trinajstić information content (AvgIpc) is 2.68. The molecule has 0 saturated carbocycles. The molecule has 0 bridgehead atoms. The van der Waals surface area contributed by atoms with Gasteiger partial charge in [-0.1, -0.05) is 30.3 Å². The van der Waals surface area contributed by atoms with Crippen molar-refractivity contribution in [1.82, 2.24) is 14.9 Å². The maximum Gasteiger partial charge on any atom is 0.272 e. The first-order valence-corrected chi connectivity index (χ1v) is 9.40. The van der Waals surface area contributed by atoms with E-state index in [1.165, 1.54) is 0 Å². The lowest BCUT2D eigenvalue weighted by Gasteiger charge is -2.31. The van der Waals surface area contributed by atoms with Crippen LogP contribution in [0.15, 0.2) is 65.8 Å². The lowest BCUT2D eigenvalue weighted by Crippen LogP contribution is -2.39. The third kappa shape index (κ3) is 3.66. The summed E-state index contributed by atoms with van der Waals surface area (Å²) in [6.07, 6.45) is 3.80. The molecule has 4 rings (SSSR count). The molecule has 0 radical (unpaired) electrons. The van der Waals surface area contributed by atoms with Gasteiger partial charge < -0.3 is 4.90 Å². The van der Waals surface area contributed by atoms with Crippen molar-refractivity contribution in [3.05, 3.63) is 66.5 Å². The van der Waals surface area contributed by atoms with Gasteiger partial charge in [-0.3, -0.25) is 4.79 Å². The molecule has 0 spiro atoms. The van der Waals surface area contributed by atoms with E-state index in [0.29, 0.717) is 10.9 Å². The zero-order valence-corrected chi connectivity index (χ0v) is 14.7. The normalized spacial score (nSPS) is 15.4. The molecule has 1 aliphatic heterocycles. The molecule has 126 valence electrons. The fourth-order valence-electron chi connectivity index (χ4n) is 3.11. The first-order valence-electron chi connectivity index (χ1n) is 8.52. The molecule has 2 aromatic heterocycles. The predicted octanol–water partition coefficient (Wildman–Crippen LogP) is 4.03. The number of para-hydroxylation sites is 1. The number of piperidine rings is 1. The third-order valence-electron chi connectivity index (χ3n) is 4.47. The molecule has 3 aromatic rings. The fraction of sp³-hybridized carbons (Fsp3) is 0.250. The van der Waals surface area contributed by atoms with Crippen LogP contribution in [0.2, 0.25) is 0 Å². The Hall–Kier alpha value is -2.40. The number of carbonyl (C=O) groups excluding carboxylic acids is 1. The van der Waals surface area contributed by atoms with Crippen LogP contribution in [0.25, 0.3) is 10.9 Å². The highest BCUT2D eigenvalue weighted by atomic mass is 32.2. The van der Waals surface area contributed by atoms with Crippen LogP contribution in [-0.4, -0.2) is 39.1 Å². The number of carbonyl (C=O) groups is 1. The first kappa shape index (κ1) is 16.1. The summed E-state index contributed by atoms with van der Waals surface area (Å²) >= 11 is 1.81. The van der Waals surface area contributed by atoms with Gasteiger partial charge in [-0.2, -0.15) is 0 Å². The molecule has 1 fully saturated rings. The predicted molar refractivity (Wildman–Crippen MR) is 101 cm³/mol. The van der Waals surface area contributed by atoms with Crippen LogP contribution in [0.4, 0.5) is 0 Å². The number of hydrogen-bond donors (Lipinski definition) is 0. The molecule has 1 aliphatic rings. The Morgan fingerprint density at radius 1 is 1.00 bits per heavy atom. The summed E-state index contributed by atoms with van der Waals surface area (Å²) in [5.41, 5.74) is 1.41. The van der Waals surface area contributed by atoms with Gasteiger partial charge in [0.25, 0.3) is 5.91 Å². The number of hydrogen-bond acceptors (Lipinski definition) is 4. The lowest BCUT2D eigenvalue weighted by atomic mass is 10.1. The molecule has 1 aromatic carbocycles. The third-order valence-corrected chi connectivity index (χ3v) is 5.76. The minimum atomic E-state index is 0.0343. The Kier molecular flexibility index (Phi) is 4.65. The van der Waals surface area contributed by atoms with E-state index in [-0.39, 0.29) is 5.91 Å². The standard InChI is InChI=1S/C20H19N3OS/c24-20(18-9-8-15-5-1-2-6-17(15)22-18)23-13-10-16(11-14-23)25-19-7-3-4-12-21-19/h1-9,12,16H,10-11,13-14H2. The number of fused-ring (bicyclic) bond motifs is 1. The topological polar surface area (TPSA) is 46.1 Å². The molecule has 25 heavy (non-hydrogen) atoms. The van der Waals surface area contributed by atoms with E-state index in [2.05, 4.69) is 9.97 Å². The maximum atomic E-state index is 12.8. The number of likely N-dealkylation sites (tertiary alicyclic amines) is 1. The summed E-state index contributed by atoms with van der Waals surface area (Å²) in [5.74, 6) is 0.0343. The molecule has 0 atom stereocenters. The summed E-state index contributed by atoms with van der Waals surface area (Å²) in [6, 6.07) is 17.7. The highest BCUT2D eigenvalue weighted by Gasteiger charge is 2.25. The van der Waals surface area contributed by atoms with Crippen molar-refractivity contribution in [2.45, 2.75) is 23.1 Å². The van der Waals surface area contributed by atoms with Crippen LogP contribution in [0.3, 0.4) is 0 Å². The van der Waals surface area contributed by atoms with Gasteiger partial charge in [0.05, 0.1) is 10.5 Å². The zero-order valence-electron chi connectivity index (χ0n) is 13.8. The molecule has 0 N–H and O–H groups in total. The molecular formula is C20H19N3OS.